The van der Waals surface area contributed by atoms with E-state index in [9.17, 15) is 9.18 Å². The maximum Gasteiger partial charge on any atom is 0.156 e. The van der Waals surface area contributed by atoms with Crippen molar-refractivity contribution in [3.63, 3.8) is 0 Å². The molecule has 0 aliphatic heterocycles. The van der Waals surface area contributed by atoms with Crippen LogP contribution in [0.15, 0.2) is 22.8 Å². The van der Waals surface area contributed by atoms with Crippen molar-refractivity contribution in [3.05, 3.63) is 34.2 Å². The summed E-state index contributed by atoms with van der Waals surface area (Å²) in [6.07, 6.45) is 0.601. The Bertz CT molecular complexity index is 533. The minimum absolute atomic E-state index is 0.299. The third kappa shape index (κ3) is 1.76. The highest BCUT2D eigenvalue weighted by molar-refractivity contribution is 9.10. The number of benzene rings is 1. The van der Waals surface area contributed by atoms with Crippen molar-refractivity contribution in [3.8, 4) is 11.3 Å². The molecule has 2 aromatic rings. The van der Waals surface area contributed by atoms with E-state index < -0.39 is 5.82 Å². The topological polar surface area (TPSA) is 47.8 Å². The molecule has 0 spiro atoms. The Balaban J connectivity index is 2.61. The number of hydrogen-bond donors (Lipinski definition) is 0. The monoisotopic (exact) mass is 283 g/mol. The summed E-state index contributed by atoms with van der Waals surface area (Å²) < 4.78 is 15.6. The van der Waals surface area contributed by atoms with Crippen LogP contribution < -0.4 is 0 Å². The van der Waals surface area contributed by atoms with Gasteiger partial charge in [-0.25, -0.2) is 9.07 Å². The molecule has 0 aliphatic carbocycles. The standard InChI is InChI=1S/C10H7BrFN3O/c1-15-9(10(11)13-14-15)7-3-2-6(5-16)4-8(7)12/h2-5H,1H3. The first-order valence-electron chi connectivity index (χ1n) is 4.43. The molecule has 16 heavy (non-hydrogen) atoms. The number of hydrogen-bond acceptors (Lipinski definition) is 3. The van der Waals surface area contributed by atoms with Crippen LogP contribution in [0.3, 0.4) is 0 Å². The van der Waals surface area contributed by atoms with Crippen LogP contribution in [0.1, 0.15) is 10.4 Å². The molecule has 82 valence electrons. The number of carbonyl (C=O) groups excluding carboxylic acids is 1. The Hall–Kier alpha value is -1.56. The molecule has 2 rings (SSSR count). The van der Waals surface area contributed by atoms with E-state index in [1.807, 2.05) is 0 Å². The van der Waals surface area contributed by atoms with Gasteiger partial charge in [-0.15, -0.1) is 5.10 Å². The summed E-state index contributed by atoms with van der Waals surface area (Å²) in [5.41, 5.74) is 1.19. The van der Waals surface area contributed by atoms with Crippen LogP contribution in [0.5, 0.6) is 0 Å². The highest BCUT2D eigenvalue weighted by Gasteiger charge is 2.14. The molecule has 0 aliphatic rings. The quantitative estimate of drug-likeness (QED) is 0.794. The van der Waals surface area contributed by atoms with Crippen molar-refractivity contribution in [2.45, 2.75) is 0 Å². The van der Waals surface area contributed by atoms with Crippen molar-refractivity contribution >= 4 is 22.2 Å². The molecule has 0 saturated heterocycles. The van der Waals surface area contributed by atoms with Crippen LogP contribution in [0, 0.1) is 5.82 Å². The SMILES string of the molecule is Cn1nnc(Br)c1-c1ccc(C=O)cc1F. The van der Waals surface area contributed by atoms with Gasteiger partial charge in [0.2, 0.25) is 0 Å². The predicted octanol–water partition coefficient (Wildman–Crippen LogP) is 2.20. The summed E-state index contributed by atoms with van der Waals surface area (Å²) >= 11 is 3.19. The molecule has 0 N–H and O–H groups in total. The van der Waals surface area contributed by atoms with Crippen LogP contribution in [-0.4, -0.2) is 21.3 Å². The van der Waals surface area contributed by atoms with Crippen molar-refractivity contribution < 1.29 is 9.18 Å². The molecule has 0 atom stereocenters. The summed E-state index contributed by atoms with van der Waals surface area (Å²) in [6.45, 7) is 0. The van der Waals surface area contributed by atoms with Crippen LogP contribution >= 0.6 is 15.9 Å². The first-order valence-corrected chi connectivity index (χ1v) is 5.23. The first-order chi connectivity index (χ1) is 7.63. The lowest BCUT2D eigenvalue weighted by Crippen LogP contribution is -1.96. The van der Waals surface area contributed by atoms with E-state index in [0.717, 1.165) is 0 Å². The summed E-state index contributed by atoms with van der Waals surface area (Å²) in [5, 5.41) is 7.53. The number of aldehydes is 1. The maximum atomic E-state index is 13.7. The van der Waals surface area contributed by atoms with Crippen molar-refractivity contribution in [1.29, 1.82) is 0 Å². The number of nitrogens with zero attached hydrogens (tertiary/aromatic N) is 3. The smallest absolute Gasteiger partial charge is 0.156 e. The predicted molar refractivity (Wildman–Crippen MR) is 59.5 cm³/mol. The molecule has 0 fully saturated rings. The molecular formula is C10H7BrFN3O. The van der Waals surface area contributed by atoms with E-state index in [4.69, 9.17) is 0 Å². The van der Waals surface area contributed by atoms with Gasteiger partial charge in [0, 0.05) is 18.2 Å². The molecule has 0 radical (unpaired) electrons. The lowest BCUT2D eigenvalue weighted by molar-refractivity contribution is 0.112. The Morgan fingerprint density at radius 3 is 2.75 bits per heavy atom. The van der Waals surface area contributed by atoms with Gasteiger partial charge in [0.05, 0.1) is 0 Å². The fourth-order valence-electron chi connectivity index (χ4n) is 1.41. The van der Waals surface area contributed by atoms with Crippen LogP contribution in [0.25, 0.3) is 11.3 Å². The zero-order valence-electron chi connectivity index (χ0n) is 8.32. The minimum Gasteiger partial charge on any atom is -0.298 e. The van der Waals surface area contributed by atoms with Crippen molar-refractivity contribution in [2.24, 2.45) is 7.05 Å². The molecule has 1 aromatic heterocycles. The number of rotatable bonds is 2. The molecule has 6 heteroatoms. The molecule has 0 amide bonds. The first kappa shape index (κ1) is 10.9. The Morgan fingerprint density at radius 1 is 1.50 bits per heavy atom. The van der Waals surface area contributed by atoms with E-state index >= 15 is 0 Å². The highest BCUT2D eigenvalue weighted by atomic mass is 79.9. The molecule has 0 bridgehead atoms. The van der Waals surface area contributed by atoms with E-state index in [1.54, 1.807) is 13.1 Å². The van der Waals surface area contributed by atoms with Gasteiger partial charge in [0.1, 0.15) is 17.8 Å². The fourth-order valence-corrected chi connectivity index (χ4v) is 1.96. The van der Waals surface area contributed by atoms with Crippen LogP contribution in [-0.2, 0) is 7.05 Å². The average molecular weight is 284 g/mol. The third-order valence-electron chi connectivity index (χ3n) is 2.17. The van der Waals surface area contributed by atoms with E-state index in [1.165, 1.54) is 16.8 Å². The van der Waals surface area contributed by atoms with Crippen LogP contribution in [0.2, 0.25) is 0 Å². The lowest BCUT2D eigenvalue weighted by Gasteiger charge is -2.03. The van der Waals surface area contributed by atoms with E-state index in [-0.39, 0.29) is 0 Å². The van der Waals surface area contributed by atoms with E-state index in [2.05, 4.69) is 26.2 Å². The molecular weight excluding hydrogens is 277 g/mol. The summed E-state index contributed by atoms with van der Waals surface area (Å²) in [5.74, 6) is -0.476. The number of halogens is 2. The molecule has 1 aromatic carbocycles. The van der Waals surface area contributed by atoms with Gasteiger partial charge in [-0.2, -0.15) is 0 Å². The number of carbonyl (C=O) groups is 1. The van der Waals surface area contributed by atoms with Crippen LogP contribution in [0.4, 0.5) is 4.39 Å². The zero-order valence-corrected chi connectivity index (χ0v) is 9.90. The second-order valence-electron chi connectivity index (χ2n) is 3.21. The van der Waals surface area contributed by atoms with Crippen molar-refractivity contribution in [1.82, 2.24) is 15.0 Å². The number of aryl methyl sites for hydroxylation is 1. The normalized spacial score (nSPS) is 10.4. The van der Waals surface area contributed by atoms with Gasteiger partial charge in [-0.1, -0.05) is 11.3 Å². The van der Waals surface area contributed by atoms with Gasteiger partial charge >= 0.3 is 0 Å². The molecule has 0 saturated carbocycles. The van der Waals surface area contributed by atoms with Gasteiger partial charge in [-0.05, 0) is 28.1 Å². The van der Waals surface area contributed by atoms with Crippen molar-refractivity contribution in [2.75, 3.05) is 0 Å². The summed E-state index contributed by atoms with van der Waals surface area (Å²) in [6, 6.07) is 4.26. The molecule has 0 unspecified atom stereocenters. The lowest BCUT2D eigenvalue weighted by atomic mass is 10.1. The Morgan fingerprint density at radius 2 is 2.25 bits per heavy atom. The Kier molecular flexibility index (Phi) is 2.82. The fraction of sp³-hybridized carbons (Fsp3) is 0.100. The third-order valence-corrected chi connectivity index (χ3v) is 2.70. The second-order valence-corrected chi connectivity index (χ2v) is 3.96. The van der Waals surface area contributed by atoms with Gasteiger partial charge in [0.25, 0.3) is 0 Å². The van der Waals surface area contributed by atoms with Gasteiger partial charge in [-0.3, -0.25) is 4.79 Å². The Labute approximate surface area is 99.2 Å². The largest absolute Gasteiger partial charge is 0.298 e. The molecule has 1 heterocycles. The van der Waals surface area contributed by atoms with Gasteiger partial charge < -0.3 is 0 Å². The molecule has 4 nitrogen and oxygen atoms in total. The average Bonchev–Trinajstić information content (AvgIpc) is 2.59. The summed E-state index contributed by atoms with van der Waals surface area (Å²) in [7, 11) is 1.67. The van der Waals surface area contributed by atoms with Gasteiger partial charge in [0.15, 0.2) is 4.60 Å². The van der Waals surface area contributed by atoms with E-state index in [0.29, 0.717) is 27.7 Å². The minimum atomic E-state index is -0.476. The maximum absolute atomic E-state index is 13.7. The number of aromatic nitrogens is 3. The second kappa shape index (κ2) is 4.13. The zero-order chi connectivity index (χ0) is 11.7. The summed E-state index contributed by atoms with van der Waals surface area (Å²) in [4.78, 5) is 10.5. The highest BCUT2D eigenvalue weighted by Crippen LogP contribution is 2.28.